The van der Waals surface area contributed by atoms with Crippen LogP contribution in [0.2, 0.25) is 0 Å². The van der Waals surface area contributed by atoms with Gasteiger partial charge in [0.1, 0.15) is 5.82 Å². The summed E-state index contributed by atoms with van der Waals surface area (Å²) in [5.74, 6) is 6.26. The minimum absolute atomic E-state index is 0.0863. The third-order valence-corrected chi connectivity index (χ3v) is 3.60. The first kappa shape index (κ1) is 15.7. The highest BCUT2D eigenvalue weighted by molar-refractivity contribution is 5.95. The molecule has 21 heavy (non-hydrogen) atoms. The fraction of sp³-hybridized carbons (Fsp3) is 0.600. The number of nitrogen functional groups attached to an aromatic ring is 1. The molecule has 6 nitrogen and oxygen atoms in total. The Bertz CT molecular complexity index is 473. The van der Waals surface area contributed by atoms with Gasteiger partial charge >= 0.3 is 0 Å². The SMILES string of the molecule is CCCc1cc(C(=O)NCC2CCCOC2)cc(NN)n1. The summed E-state index contributed by atoms with van der Waals surface area (Å²) in [7, 11) is 0. The number of amides is 1. The number of anilines is 1. The van der Waals surface area contributed by atoms with E-state index in [2.05, 4.69) is 22.7 Å². The largest absolute Gasteiger partial charge is 0.381 e. The number of aromatic nitrogens is 1. The molecule has 0 bridgehead atoms. The van der Waals surface area contributed by atoms with Crippen molar-refractivity contribution in [3.63, 3.8) is 0 Å². The van der Waals surface area contributed by atoms with Crippen molar-refractivity contribution < 1.29 is 9.53 Å². The fourth-order valence-electron chi connectivity index (χ4n) is 2.48. The van der Waals surface area contributed by atoms with Gasteiger partial charge in [-0.3, -0.25) is 4.79 Å². The van der Waals surface area contributed by atoms with Crippen LogP contribution < -0.4 is 16.6 Å². The third kappa shape index (κ3) is 4.68. The van der Waals surface area contributed by atoms with Gasteiger partial charge in [0.2, 0.25) is 0 Å². The lowest BCUT2D eigenvalue weighted by atomic mass is 10.0. The van der Waals surface area contributed by atoms with Crippen molar-refractivity contribution in [2.75, 3.05) is 25.2 Å². The lowest BCUT2D eigenvalue weighted by Gasteiger charge is -2.22. The number of pyridine rings is 1. The molecule has 0 aliphatic carbocycles. The number of hydrogen-bond donors (Lipinski definition) is 3. The topological polar surface area (TPSA) is 89.3 Å². The molecule has 1 aromatic rings. The lowest BCUT2D eigenvalue weighted by Crippen LogP contribution is -2.33. The Hall–Kier alpha value is -1.66. The highest BCUT2D eigenvalue weighted by atomic mass is 16.5. The number of nitrogens with two attached hydrogens (primary N) is 1. The van der Waals surface area contributed by atoms with Gasteiger partial charge in [0.15, 0.2) is 0 Å². The molecule has 2 rings (SSSR count). The molecular weight excluding hydrogens is 268 g/mol. The van der Waals surface area contributed by atoms with E-state index in [-0.39, 0.29) is 5.91 Å². The average Bonchev–Trinajstić information content (AvgIpc) is 2.53. The van der Waals surface area contributed by atoms with Crippen molar-refractivity contribution in [1.82, 2.24) is 10.3 Å². The number of nitrogens with one attached hydrogen (secondary N) is 2. The zero-order chi connectivity index (χ0) is 15.1. The van der Waals surface area contributed by atoms with Crippen LogP contribution in [-0.2, 0) is 11.2 Å². The predicted molar refractivity (Wildman–Crippen MR) is 81.9 cm³/mol. The summed E-state index contributed by atoms with van der Waals surface area (Å²) in [6.45, 7) is 4.29. The zero-order valence-corrected chi connectivity index (χ0v) is 12.5. The van der Waals surface area contributed by atoms with E-state index in [4.69, 9.17) is 10.6 Å². The monoisotopic (exact) mass is 292 g/mol. The first-order valence-corrected chi connectivity index (χ1v) is 7.56. The Morgan fingerprint density at radius 1 is 1.52 bits per heavy atom. The molecule has 1 amide bonds. The van der Waals surface area contributed by atoms with Crippen LogP contribution in [-0.4, -0.2) is 30.6 Å². The summed E-state index contributed by atoms with van der Waals surface area (Å²) >= 11 is 0. The Balaban J connectivity index is 1.98. The maximum atomic E-state index is 12.3. The molecule has 1 aromatic heterocycles. The second-order valence-corrected chi connectivity index (χ2v) is 5.42. The molecule has 1 atom stereocenters. The van der Waals surface area contributed by atoms with E-state index < -0.39 is 0 Å². The van der Waals surface area contributed by atoms with Crippen molar-refractivity contribution in [3.05, 3.63) is 23.4 Å². The Morgan fingerprint density at radius 2 is 2.38 bits per heavy atom. The molecule has 4 N–H and O–H groups in total. The van der Waals surface area contributed by atoms with Gasteiger partial charge in [-0.2, -0.15) is 0 Å². The van der Waals surface area contributed by atoms with Gasteiger partial charge in [0.05, 0.1) is 6.61 Å². The molecule has 1 saturated heterocycles. The minimum atomic E-state index is -0.0863. The Kier molecular flexibility index (Phi) is 5.95. The molecular formula is C15H24N4O2. The summed E-state index contributed by atoms with van der Waals surface area (Å²) in [6.07, 6.45) is 3.97. The molecule has 2 heterocycles. The van der Waals surface area contributed by atoms with E-state index in [0.717, 1.165) is 44.6 Å². The molecule has 116 valence electrons. The summed E-state index contributed by atoms with van der Waals surface area (Å²) in [4.78, 5) is 16.6. The van der Waals surface area contributed by atoms with E-state index in [9.17, 15) is 4.79 Å². The van der Waals surface area contributed by atoms with E-state index in [1.807, 2.05) is 6.07 Å². The molecule has 0 aromatic carbocycles. The lowest BCUT2D eigenvalue weighted by molar-refractivity contribution is 0.0536. The van der Waals surface area contributed by atoms with Gasteiger partial charge < -0.3 is 15.5 Å². The summed E-state index contributed by atoms with van der Waals surface area (Å²) in [6, 6.07) is 3.50. The van der Waals surface area contributed by atoms with Crippen LogP contribution in [0.4, 0.5) is 5.82 Å². The molecule has 0 spiro atoms. The van der Waals surface area contributed by atoms with Gasteiger partial charge in [0.25, 0.3) is 5.91 Å². The quantitative estimate of drug-likeness (QED) is 0.546. The maximum absolute atomic E-state index is 12.3. The Labute approximate surface area is 125 Å². The van der Waals surface area contributed by atoms with Gasteiger partial charge in [-0.25, -0.2) is 10.8 Å². The van der Waals surface area contributed by atoms with Crippen molar-refractivity contribution in [1.29, 1.82) is 0 Å². The number of ether oxygens (including phenoxy) is 1. The molecule has 1 unspecified atom stereocenters. The number of carbonyl (C=O) groups excluding carboxylic acids is 1. The standard InChI is InChI=1S/C15H24N4O2/c1-2-4-13-7-12(8-14(18-13)19-16)15(20)17-9-11-5-3-6-21-10-11/h7-8,11H,2-6,9-10,16H2,1H3,(H,17,20)(H,18,19). The van der Waals surface area contributed by atoms with Crippen LogP contribution in [0.25, 0.3) is 0 Å². The number of hydrazine groups is 1. The van der Waals surface area contributed by atoms with Crippen LogP contribution in [0.1, 0.15) is 42.2 Å². The number of rotatable bonds is 6. The smallest absolute Gasteiger partial charge is 0.251 e. The van der Waals surface area contributed by atoms with Crippen LogP contribution in [0, 0.1) is 5.92 Å². The highest BCUT2D eigenvalue weighted by Crippen LogP contribution is 2.14. The summed E-state index contributed by atoms with van der Waals surface area (Å²) in [5, 5.41) is 2.97. The number of nitrogens with zero attached hydrogens (tertiary/aromatic N) is 1. The van der Waals surface area contributed by atoms with E-state index in [1.165, 1.54) is 0 Å². The Morgan fingerprint density at radius 3 is 3.05 bits per heavy atom. The van der Waals surface area contributed by atoms with Crippen molar-refractivity contribution >= 4 is 11.7 Å². The fourth-order valence-corrected chi connectivity index (χ4v) is 2.48. The summed E-state index contributed by atoms with van der Waals surface area (Å²) < 4.78 is 5.42. The van der Waals surface area contributed by atoms with Gasteiger partial charge in [-0.05, 0) is 37.3 Å². The van der Waals surface area contributed by atoms with E-state index in [1.54, 1.807) is 6.07 Å². The number of aryl methyl sites for hydroxylation is 1. The zero-order valence-electron chi connectivity index (χ0n) is 12.5. The second kappa shape index (κ2) is 7.95. The second-order valence-electron chi connectivity index (χ2n) is 5.42. The van der Waals surface area contributed by atoms with E-state index in [0.29, 0.717) is 23.8 Å². The van der Waals surface area contributed by atoms with Crippen LogP contribution in [0.5, 0.6) is 0 Å². The molecule has 1 aliphatic rings. The molecule has 0 radical (unpaired) electrons. The first-order chi connectivity index (χ1) is 10.2. The highest BCUT2D eigenvalue weighted by Gasteiger charge is 2.16. The van der Waals surface area contributed by atoms with E-state index >= 15 is 0 Å². The number of hydrogen-bond acceptors (Lipinski definition) is 5. The van der Waals surface area contributed by atoms with Gasteiger partial charge in [0, 0.05) is 24.4 Å². The molecule has 6 heteroatoms. The molecule has 1 aliphatic heterocycles. The number of carbonyl (C=O) groups is 1. The minimum Gasteiger partial charge on any atom is -0.381 e. The van der Waals surface area contributed by atoms with Gasteiger partial charge in [-0.15, -0.1) is 0 Å². The van der Waals surface area contributed by atoms with Crippen LogP contribution >= 0.6 is 0 Å². The molecule has 1 fully saturated rings. The van der Waals surface area contributed by atoms with Crippen molar-refractivity contribution in [2.24, 2.45) is 11.8 Å². The van der Waals surface area contributed by atoms with Crippen molar-refractivity contribution in [2.45, 2.75) is 32.6 Å². The third-order valence-electron chi connectivity index (χ3n) is 3.60. The predicted octanol–water partition coefficient (Wildman–Crippen LogP) is 1.48. The van der Waals surface area contributed by atoms with Gasteiger partial charge in [-0.1, -0.05) is 13.3 Å². The molecule has 0 saturated carbocycles. The summed E-state index contributed by atoms with van der Waals surface area (Å²) in [5.41, 5.74) is 3.99. The van der Waals surface area contributed by atoms with Crippen LogP contribution in [0.15, 0.2) is 12.1 Å². The van der Waals surface area contributed by atoms with Crippen LogP contribution in [0.3, 0.4) is 0 Å². The maximum Gasteiger partial charge on any atom is 0.251 e. The van der Waals surface area contributed by atoms with Crippen molar-refractivity contribution in [3.8, 4) is 0 Å². The first-order valence-electron chi connectivity index (χ1n) is 7.56. The average molecular weight is 292 g/mol. The normalized spacial score (nSPS) is 18.3.